The fourth-order valence-corrected chi connectivity index (χ4v) is 1.46. The third kappa shape index (κ3) is 3.26. The molecule has 1 fully saturated rings. The maximum absolute atomic E-state index is 11.7. The van der Waals surface area contributed by atoms with Gasteiger partial charge in [-0.05, 0) is 19.4 Å². The van der Waals surface area contributed by atoms with Gasteiger partial charge in [-0.2, -0.15) is 0 Å². The van der Waals surface area contributed by atoms with Gasteiger partial charge in [-0.15, -0.1) is 5.10 Å². The molecule has 1 heterocycles. The normalized spacial score (nSPS) is 16.8. The molecule has 1 amide bonds. The van der Waals surface area contributed by atoms with Crippen LogP contribution in [0, 0.1) is 5.92 Å². The van der Waals surface area contributed by atoms with Gasteiger partial charge in [0.1, 0.15) is 0 Å². The molecule has 1 unspecified atom stereocenters. The zero-order valence-electron chi connectivity index (χ0n) is 10.2. The maximum atomic E-state index is 11.7. The van der Waals surface area contributed by atoms with Crippen LogP contribution in [0.5, 0.6) is 0 Å². The zero-order chi connectivity index (χ0) is 12.3. The average Bonchev–Trinajstić information content (AvgIpc) is 3.07. The first-order chi connectivity index (χ1) is 8.20. The minimum absolute atomic E-state index is 0.100. The molecule has 0 aromatic carbocycles. The molecule has 1 saturated carbocycles. The van der Waals surface area contributed by atoms with E-state index in [1.165, 1.54) is 0 Å². The average molecular weight is 238 g/mol. The van der Waals surface area contributed by atoms with Crippen LogP contribution in [0.15, 0.2) is 4.42 Å². The molecule has 0 radical (unpaired) electrons. The fourth-order valence-electron chi connectivity index (χ4n) is 1.46. The largest absolute Gasteiger partial charge is 0.408 e. The summed E-state index contributed by atoms with van der Waals surface area (Å²) in [6, 6.07) is 0.209. The molecule has 1 aliphatic carbocycles. The highest BCUT2D eigenvalue weighted by Crippen LogP contribution is 2.39. The summed E-state index contributed by atoms with van der Waals surface area (Å²) < 4.78 is 5.36. The molecule has 2 rings (SSSR count). The number of hydrogen-bond acceptors (Lipinski definition) is 5. The molecule has 94 valence electrons. The molecule has 0 bridgehead atoms. The lowest BCUT2D eigenvalue weighted by atomic mass is 10.1. The molecule has 6 heteroatoms. The molecule has 17 heavy (non-hydrogen) atoms. The predicted octanol–water partition coefficient (Wildman–Crippen LogP) is 1.13. The predicted molar refractivity (Wildman–Crippen MR) is 62.6 cm³/mol. The third-order valence-corrected chi connectivity index (χ3v) is 2.75. The van der Waals surface area contributed by atoms with Crippen molar-refractivity contribution in [1.82, 2.24) is 15.5 Å². The van der Waals surface area contributed by atoms with Gasteiger partial charge in [-0.1, -0.05) is 18.9 Å². The number of carbonyl (C=O) groups excluding carboxylic acids is 1. The number of rotatable bonds is 6. The first-order valence-corrected chi connectivity index (χ1v) is 6.05. The van der Waals surface area contributed by atoms with Gasteiger partial charge in [0.15, 0.2) is 0 Å². The molecule has 6 nitrogen and oxygen atoms in total. The van der Waals surface area contributed by atoms with E-state index in [0.717, 1.165) is 19.4 Å². The third-order valence-electron chi connectivity index (χ3n) is 2.75. The molecular formula is C11H18N4O2. The lowest BCUT2D eigenvalue weighted by molar-refractivity contribution is -0.119. The van der Waals surface area contributed by atoms with E-state index in [-0.39, 0.29) is 17.8 Å². The molecule has 0 saturated heterocycles. The van der Waals surface area contributed by atoms with E-state index < -0.39 is 0 Å². The Morgan fingerprint density at radius 2 is 2.29 bits per heavy atom. The van der Waals surface area contributed by atoms with Crippen molar-refractivity contribution >= 4 is 11.9 Å². The molecular weight excluding hydrogens is 220 g/mol. The minimum atomic E-state index is -0.119. The van der Waals surface area contributed by atoms with Gasteiger partial charge in [0.2, 0.25) is 11.8 Å². The van der Waals surface area contributed by atoms with E-state index in [2.05, 4.69) is 20.8 Å². The van der Waals surface area contributed by atoms with Gasteiger partial charge in [0.25, 0.3) is 0 Å². The van der Waals surface area contributed by atoms with Gasteiger partial charge in [0.05, 0.1) is 0 Å². The van der Waals surface area contributed by atoms with Crippen LogP contribution in [-0.4, -0.2) is 29.2 Å². The van der Waals surface area contributed by atoms with Crippen LogP contribution in [0.3, 0.4) is 0 Å². The maximum Gasteiger partial charge on any atom is 0.322 e. The summed E-state index contributed by atoms with van der Waals surface area (Å²) >= 11 is 0. The Bertz CT molecular complexity index is 387. The SMILES string of the molecule is CCNCC(C)C(=O)Nc1nnc(C2CC2)o1. The zero-order valence-corrected chi connectivity index (χ0v) is 10.2. The first kappa shape index (κ1) is 12.0. The Morgan fingerprint density at radius 3 is 2.94 bits per heavy atom. The molecule has 1 aliphatic rings. The van der Waals surface area contributed by atoms with Gasteiger partial charge in [0, 0.05) is 18.4 Å². The van der Waals surface area contributed by atoms with Crippen LogP contribution in [0.25, 0.3) is 0 Å². The summed E-state index contributed by atoms with van der Waals surface area (Å²) in [6.45, 7) is 5.36. The molecule has 1 aromatic heterocycles. The van der Waals surface area contributed by atoms with Crippen molar-refractivity contribution in [2.24, 2.45) is 5.92 Å². The lowest BCUT2D eigenvalue weighted by Crippen LogP contribution is -2.30. The van der Waals surface area contributed by atoms with E-state index in [4.69, 9.17) is 4.42 Å². The van der Waals surface area contributed by atoms with E-state index in [9.17, 15) is 4.79 Å². The topological polar surface area (TPSA) is 80.0 Å². The van der Waals surface area contributed by atoms with E-state index >= 15 is 0 Å². The monoisotopic (exact) mass is 238 g/mol. The number of hydrogen-bond donors (Lipinski definition) is 2. The van der Waals surface area contributed by atoms with E-state index in [1.807, 2.05) is 13.8 Å². The summed E-state index contributed by atoms with van der Waals surface area (Å²) in [5.41, 5.74) is 0. The Morgan fingerprint density at radius 1 is 1.53 bits per heavy atom. The summed E-state index contributed by atoms with van der Waals surface area (Å²) in [5, 5.41) is 13.5. The van der Waals surface area contributed by atoms with Crippen LogP contribution in [0.4, 0.5) is 6.01 Å². The van der Waals surface area contributed by atoms with Gasteiger partial charge < -0.3 is 9.73 Å². The molecule has 2 N–H and O–H groups in total. The number of anilines is 1. The van der Waals surface area contributed by atoms with Crippen LogP contribution >= 0.6 is 0 Å². The second-order valence-electron chi connectivity index (χ2n) is 4.42. The number of amides is 1. The smallest absolute Gasteiger partial charge is 0.322 e. The van der Waals surface area contributed by atoms with Crippen LogP contribution in [-0.2, 0) is 4.79 Å². The highest BCUT2D eigenvalue weighted by atomic mass is 16.4. The molecule has 0 aliphatic heterocycles. The highest BCUT2D eigenvalue weighted by Gasteiger charge is 2.29. The summed E-state index contributed by atoms with van der Waals surface area (Å²) in [6.07, 6.45) is 2.21. The Labute approximate surface area is 100 Å². The van der Waals surface area contributed by atoms with Crippen molar-refractivity contribution in [3.05, 3.63) is 5.89 Å². The van der Waals surface area contributed by atoms with Crippen molar-refractivity contribution in [3.8, 4) is 0 Å². The summed E-state index contributed by atoms with van der Waals surface area (Å²) in [7, 11) is 0. The van der Waals surface area contributed by atoms with Crippen LogP contribution in [0.1, 0.15) is 38.5 Å². The minimum Gasteiger partial charge on any atom is -0.408 e. The summed E-state index contributed by atoms with van der Waals surface area (Å²) in [4.78, 5) is 11.7. The molecule has 1 aromatic rings. The standard InChI is InChI=1S/C11H18N4O2/c1-3-12-6-7(2)9(16)13-11-15-14-10(17-11)8-4-5-8/h7-8,12H,3-6H2,1-2H3,(H,13,15,16). The van der Waals surface area contributed by atoms with Crippen molar-refractivity contribution in [1.29, 1.82) is 0 Å². The quantitative estimate of drug-likeness (QED) is 0.776. The lowest BCUT2D eigenvalue weighted by Gasteiger charge is -2.09. The number of aromatic nitrogens is 2. The second kappa shape index (κ2) is 5.27. The van der Waals surface area contributed by atoms with Gasteiger partial charge in [-0.3, -0.25) is 10.1 Å². The summed E-state index contributed by atoms with van der Waals surface area (Å²) in [5.74, 6) is 0.829. The number of nitrogens with one attached hydrogen (secondary N) is 2. The van der Waals surface area contributed by atoms with Gasteiger partial charge >= 0.3 is 6.01 Å². The number of nitrogens with zero attached hydrogens (tertiary/aromatic N) is 2. The highest BCUT2D eigenvalue weighted by molar-refractivity contribution is 5.90. The van der Waals surface area contributed by atoms with Crippen LogP contribution < -0.4 is 10.6 Å². The van der Waals surface area contributed by atoms with E-state index in [1.54, 1.807) is 0 Å². The van der Waals surface area contributed by atoms with Gasteiger partial charge in [-0.25, -0.2) is 0 Å². The van der Waals surface area contributed by atoms with Crippen molar-refractivity contribution in [2.45, 2.75) is 32.6 Å². The molecule has 0 spiro atoms. The Balaban J connectivity index is 1.83. The Hall–Kier alpha value is -1.43. The van der Waals surface area contributed by atoms with Crippen molar-refractivity contribution in [3.63, 3.8) is 0 Å². The van der Waals surface area contributed by atoms with Crippen molar-refractivity contribution in [2.75, 3.05) is 18.4 Å². The van der Waals surface area contributed by atoms with E-state index in [0.29, 0.717) is 18.4 Å². The first-order valence-electron chi connectivity index (χ1n) is 6.05. The molecule has 1 atom stereocenters. The Kier molecular flexibility index (Phi) is 3.73. The second-order valence-corrected chi connectivity index (χ2v) is 4.42. The number of carbonyl (C=O) groups is 1. The van der Waals surface area contributed by atoms with Crippen molar-refractivity contribution < 1.29 is 9.21 Å². The fraction of sp³-hybridized carbons (Fsp3) is 0.727. The van der Waals surface area contributed by atoms with Crippen LogP contribution in [0.2, 0.25) is 0 Å².